The van der Waals surface area contributed by atoms with Gasteiger partial charge in [0.05, 0.1) is 11.3 Å². The van der Waals surface area contributed by atoms with E-state index >= 15 is 0 Å². The van der Waals surface area contributed by atoms with Crippen molar-refractivity contribution >= 4 is 17.8 Å². The lowest BCUT2D eigenvalue weighted by Crippen LogP contribution is -2.50. The molecule has 0 unspecified atom stereocenters. The maximum absolute atomic E-state index is 14.7. The fourth-order valence-corrected chi connectivity index (χ4v) is 5.11. The van der Waals surface area contributed by atoms with Crippen LogP contribution in [0.1, 0.15) is 61.5 Å². The highest BCUT2D eigenvalue weighted by Gasteiger charge is 2.40. The first-order chi connectivity index (χ1) is 16.7. The highest BCUT2D eigenvalue weighted by molar-refractivity contribution is 5.74. The maximum Gasteiger partial charge on any atom is 0.283 e. The SMILES string of the molecule is COC1(C2=Cc3c(C[C@H](C)c4ccnc(C(F)F)c4F)ncnc3N(C)C2)CCN(C(C)=O)CC1. The lowest BCUT2D eigenvalue weighted by Gasteiger charge is -2.44. The van der Waals surface area contributed by atoms with E-state index in [1.54, 1.807) is 21.0 Å². The molecule has 0 N–H and O–H groups in total. The largest absolute Gasteiger partial charge is 0.374 e. The van der Waals surface area contributed by atoms with Crippen LogP contribution in [0.2, 0.25) is 0 Å². The number of fused-ring (bicyclic) bond motifs is 1. The van der Waals surface area contributed by atoms with Gasteiger partial charge in [0.25, 0.3) is 6.43 Å². The molecule has 2 aliphatic heterocycles. The first-order valence-electron chi connectivity index (χ1n) is 11.7. The van der Waals surface area contributed by atoms with Crippen LogP contribution in [0.5, 0.6) is 0 Å². The number of carbonyl (C=O) groups is 1. The van der Waals surface area contributed by atoms with Gasteiger partial charge in [-0.2, -0.15) is 0 Å². The molecule has 1 amide bonds. The summed E-state index contributed by atoms with van der Waals surface area (Å²) in [7, 11) is 3.63. The van der Waals surface area contributed by atoms with Crippen LogP contribution in [0.4, 0.5) is 19.0 Å². The van der Waals surface area contributed by atoms with Crippen LogP contribution >= 0.6 is 0 Å². The number of likely N-dealkylation sites (N-methyl/N-ethyl adjacent to an activating group) is 1. The van der Waals surface area contributed by atoms with Crippen molar-refractivity contribution in [3.63, 3.8) is 0 Å². The molecule has 1 atom stereocenters. The number of alkyl halides is 2. The first kappa shape index (κ1) is 25.1. The molecule has 7 nitrogen and oxygen atoms in total. The van der Waals surface area contributed by atoms with Gasteiger partial charge in [0.2, 0.25) is 5.91 Å². The minimum Gasteiger partial charge on any atom is -0.374 e. The summed E-state index contributed by atoms with van der Waals surface area (Å²) in [5.41, 5.74) is 1.42. The van der Waals surface area contributed by atoms with E-state index in [-0.39, 0.29) is 11.5 Å². The van der Waals surface area contributed by atoms with Gasteiger partial charge in [-0.05, 0) is 48.5 Å². The molecule has 10 heteroatoms. The summed E-state index contributed by atoms with van der Waals surface area (Å²) in [5, 5.41) is 0. The number of ether oxygens (including phenoxy) is 1. The van der Waals surface area contributed by atoms with E-state index in [0.29, 0.717) is 44.6 Å². The number of likely N-dealkylation sites (tertiary alicyclic amines) is 1. The number of hydrogen-bond donors (Lipinski definition) is 0. The van der Waals surface area contributed by atoms with Gasteiger partial charge in [0, 0.05) is 52.5 Å². The minimum atomic E-state index is -2.98. The smallest absolute Gasteiger partial charge is 0.283 e. The van der Waals surface area contributed by atoms with Gasteiger partial charge in [-0.1, -0.05) is 6.92 Å². The van der Waals surface area contributed by atoms with Crippen LogP contribution in [0.25, 0.3) is 6.08 Å². The van der Waals surface area contributed by atoms with Crippen molar-refractivity contribution < 1.29 is 22.7 Å². The van der Waals surface area contributed by atoms with Crippen molar-refractivity contribution in [3.8, 4) is 0 Å². The Balaban J connectivity index is 1.67. The molecule has 0 spiro atoms. The molecule has 2 aromatic rings. The third-order valence-corrected chi connectivity index (χ3v) is 7.21. The highest BCUT2D eigenvalue weighted by Crippen LogP contribution is 2.40. The second-order valence-corrected chi connectivity index (χ2v) is 9.29. The Morgan fingerprint density at radius 2 is 1.94 bits per heavy atom. The normalized spacial score (nSPS) is 18.3. The Morgan fingerprint density at radius 1 is 1.23 bits per heavy atom. The summed E-state index contributed by atoms with van der Waals surface area (Å²) < 4.78 is 47.1. The summed E-state index contributed by atoms with van der Waals surface area (Å²) in [6.45, 7) is 5.20. The first-order valence-corrected chi connectivity index (χ1v) is 11.7. The number of anilines is 1. The van der Waals surface area contributed by atoms with Crippen molar-refractivity contribution in [2.45, 2.75) is 51.1 Å². The van der Waals surface area contributed by atoms with Crippen LogP contribution in [0.3, 0.4) is 0 Å². The van der Waals surface area contributed by atoms with Crippen molar-refractivity contribution in [1.29, 1.82) is 0 Å². The van der Waals surface area contributed by atoms with Crippen LogP contribution < -0.4 is 4.90 Å². The fraction of sp³-hybridized carbons (Fsp3) is 0.520. The number of pyridine rings is 1. The van der Waals surface area contributed by atoms with Crippen LogP contribution in [-0.2, 0) is 16.0 Å². The molecule has 2 aromatic heterocycles. The molecule has 0 aliphatic carbocycles. The maximum atomic E-state index is 14.7. The summed E-state index contributed by atoms with van der Waals surface area (Å²) in [4.78, 5) is 28.1. The average molecular weight is 490 g/mol. The Hall–Kier alpha value is -3.01. The summed E-state index contributed by atoms with van der Waals surface area (Å²) >= 11 is 0. The second-order valence-electron chi connectivity index (χ2n) is 9.29. The second kappa shape index (κ2) is 9.93. The zero-order chi connectivity index (χ0) is 25.3. The number of halogens is 3. The number of piperidine rings is 1. The number of aromatic nitrogens is 3. The quantitative estimate of drug-likeness (QED) is 0.607. The van der Waals surface area contributed by atoms with Gasteiger partial charge >= 0.3 is 0 Å². The van der Waals surface area contributed by atoms with E-state index in [1.807, 2.05) is 16.8 Å². The molecule has 4 rings (SSSR count). The van der Waals surface area contributed by atoms with Crippen molar-refractivity contribution in [2.75, 3.05) is 38.7 Å². The molecule has 0 radical (unpaired) electrons. The molecule has 1 fully saturated rings. The standard InChI is InChI=1S/C25H30F3N5O2/c1-15(18-5-8-29-22(21(18)26)23(27)28)11-20-19-12-17(13-32(3)24(19)31-14-30-20)25(35-4)6-9-33(10-7-25)16(2)34/h5,8,12,14-15,23H,6-7,9-11,13H2,1-4H3/t15-/m0/s1. The zero-order valence-electron chi connectivity index (χ0n) is 20.4. The topological polar surface area (TPSA) is 71.5 Å². The minimum absolute atomic E-state index is 0.0535. The van der Waals surface area contributed by atoms with Crippen molar-refractivity contribution in [1.82, 2.24) is 19.9 Å². The molecule has 0 saturated carbocycles. The molecule has 2 aliphatic rings. The number of nitrogens with zero attached hydrogens (tertiary/aromatic N) is 5. The predicted octanol–water partition coefficient (Wildman–Crippen LogP) is 4.16. The summed E-state index contributed by atoms with van der Waals surface area (Å²) in [6, 6.07) is 1.44. The Kier molecular flexibility index (Phi) is 7.12. The lowest BCUT2D eigenvalue weighted by molar-refractivity contribution is -0.133. The molecular weight excluding hydrogens is 459 g/mol. The average Bonchev–Trinajstić information content (AvgIpc) is 2.84. The Labute approximate surface area is 203 Å². The number of rotatable bonds is 6. The van der Waals surface area contributed by atoms with Gasteiger partial charge in [0.1, 0.15) is 17.8 Å². The molecule has 4 heterocycles. The van der Waals surface area contributed by atoms with Crippen molar-refractivity contribution in [2.24, 2.45) is 0 Å². The van der Waals surface area contributed by atoms with E-state index in [2.05, 4.69) is 21.0 Å². The van der Waals surface area contributed by atoms with Gasteiger partial charge in [-0.3, -0.25) is 9.78 Å². The number of hydrogen-bond acceptors (Lipinski definition) is 6. The molecule has 188 valence electrons. The lowest BCUT2D eigenvalue weighted by atomic mass is 9.81. The van der Waals surface area contributed by atoms with E-state index < -0.39 is 29.5 Å². The highest BCUT2D eigenvalue weighted by atomic mass is 19.3. The molecule has 0 bridgehead atoms. The molecule has 1 saturated heterocycles. The molecule has 35 heavy (non-hydrogen) atoms. The van der Waals surface area contributed by atoms with Gasteiger partial charge in [-0.25, -0.2) is 23.1 Å². The Morgan fingerprint density at radius 3 is 2.57 bits per heavy atom. The number of methoxy groups -OCH3 is 1. The zero-order valence-corrected chi connectivity index (χ0v) is 20.4. The third kappa shape index (κ3) is 4.76. The van der Waals surface area contributed by atoms with Crippen LogP contribution in [0, 0.1) is 5.82 Å². The van der Waals surface area contributed by atoms with Gasteiger partial charge in [0.15, 0.2) is 5.82 Å². The van der Waals surface area contributed by atoms with E-state index in [9.17, 15) is 18.0 Å². The number of amides is 1. The summed E-state index contributed by atoms with van der Waals surface area (Å²) in [5.74, 6) is -0.574. The van der Waals surface area contributed by atoms with E-state index in [1.165, 1.54) is 18.6 Å². The molecular formula is C25H30F3N5O2. The fourth-order valence-electron chi connectivity index (χ4n) is 5.11. The summed E-state index contributed by atoms with van der Waals surface area (Å²) in [6.07, 6.45) is 3.45. The van der Waals surface area contributed by atoms with Crippen LogP contribution in [-0.4, -0.2) is 65.2 Å². The van der Waals surface area contributed by atoms with Crippen LogP contribution in [0.15, 0.2) is 24.2 Å². The molecule has 0 aromatic carbocycles. The number of carbonyl (C=O) groups excluding carboxylic acids is 1. The van der Waals surface area contributed by atoms with Crippen molar-refractivity contribution in [3.05, 3.63) is 52.5 Å². The van der Waals surface area contributed by atoms with Gasteiger partial charge < -0.3 is 14.5 Å². The van der Waals surface area contributed by atoms with E-state index in [0.717, 1.165) is 17.0 Å². The Bertz CT molecular complexity index is 1130. The van der Waals surface area contributed by atoms with E-state index in [4.69, 9.17) is 4.74 Å². The predicted molar refractivity (Wildman–Crippen MR) is 126 cm³/mol. The van der Waals surface area contributed by atoms with Gasteiger partial charge in [-0.15, -0.1) is 0 Å². The monoisotopic (exact) mass is 489 g/mol. The third-order valence-electron chi connectivity index (χ3n) is 7.21.